The smallest absolute Gasteiger partial charge is 0.225 e. The van der Waals surface area contributed by atoms with E-state index in [1.807, 2.05) is 61.4 Å². The molecule has 0 radical (unpaired) electrons. The molecular formula is C23H22ClN5. The Kier molecular flexibility index (Phi) is 5.58. The molecule has 0 saturated heterocycles. The predicted molar refractivity (Wildman–Crippen MR) is 118 cm³/mol. The van der Waals surface area contributed by atoms with E-state index >= 15 is 0 Å². The van der Waals surface area contributed by atoms with Gasteiger partial charge in [0.2, 0.25) is 5.95 Å². The molecule has 0 aliphatic rings. The number of hydrogen-bond donors (Lipinski definition) is 0. The van der Waals surface area contributed by atoms with Crippen LogP contribution in [0.5, 0.6) is 0 Å². The maximum absolute atomic E-state index is 6.06. The Morgan fingerprint density at radius 1 is 1.00 bits per heavy atom. The van der Waals surface area contributed by atoms with Gasteiger partial charge in [-0.2, -0.15) is 0 Å². The van der Waals surface area contributed by atoms with Gasteiger partial charge in [0.25, 0.3) is 0 Å². The molecule has 5 nitrogen and oxygen atoms in total. The summed E-state index contributed by atoms with van der Waals surface area (Å²) in [5, 5.41) is 0.700. The number of hydrogen-bond acceptors (Lipinski definition) is 4. The molecule has 2 aromatic heterocycles. The highest BCUT2D eigenvalue weighted by Crippen LogP contribution is 2.31. The van der Waals surface area contributed by atoms with Crippen molar-refractivity contribution in [1.29, 1.82) is 0 Å². The molecule has 4 aromatic rings. The number of rotatable bonds is 6. The molecule has 0 amide bonds. The van der Waals surface area contributed by atoms with Crippen molar-refractivity contribution < 1.29 is 0 Å². The Bertz CT molecular complexity index is 1090. The fourth-order valence-electron chi connectivity index (χ4n) is 3.20. The van der Waals surface area contributed by atoms with Crippen LogP contribution in [0.4, 0.5) is 5.95 Å². The number of aromatic nitrogens is 4. The Morgan fingerprint density at radius 3 is 2.45 bits per heavy atom. The van der Waals surface area contributed by atoms with Crippen LogP contribution in [-0.4, -0.2) is 33.1 Å². The third-order valence-corrected chi connectivity index (χ3v) is 5.14. The third kappa shape index (κ3) is 4.30. The number of likely N-dealkylation sites (N-methyl/N-ethyl adjacent to an activating group) is 1. The Hall–Kier alpha value is -3.18. The molecule has 6 heteroatoms. The van der Waals surface area contributed by atoms with Crippen molar-refractivity contribution in [3.8, 4) is 22.6 Å². The third-order valence-electron chi connectivity index (χ3n) is 4.88. The first-order chi connectivity index (χ1) is 14.1. The number of aryl methyl sites for hydroxylation is 1. The lowest BCUT2D eigenvalue weighted by atomic mass is 10.1. The molecule has 0 fully saturated rings. The van der Waals surface area contributed by atoms with E-state index in [9.17, 15) is 0 Å². The van der Waals surface area contributed by atoms with Gasteiger partial charge in [0.05, 0.1) is 0 Å². The summed E-state index contributed by atoms with van der Waals surface area (Å²) in [6, 6.07) is 18.1. The molecule has 0 aliphatic carbocycles. The molecule has 146 valence electrons. The number of imidazole rings is 1. The van der Waals surface area contributed by atoms with Gasteiger partial charge in [0, 0.05) is 49.8 Å². The largest absolute Gasteiger partial charge is 0.344 e. The summed E-state index contributed by atoms with van der Waals surface area (Å²) < 4.78 is 1.97. The van der Waals surface area contributed by atoms with Gasteiger partial charge in [0.15, 0.2) is 5.82 Å². The lowest BCUT2D eigenvalue weighted by Crippen LogP contribution is -2.23. The minimum atomic E-state index is 0.677. The van der Waals surface area contributed by atoms with Gasteiger partial charge < -0.3 is 9.47 Å². The molecule has 4 rings (SSSR count). The van der Waals surface area contributed by atoms with Crippen LogP contribution in [0, 0.1) is 0 Å². The quantitative estimate of drug-likeness (QED) is 0.460. The highest BCUT2D eigenvalue weighted by Gasteiger charge is 2.16. The zero-order valence-electron chi connectivity index (χ0n) is 16.5. The SMILES string of the molecule is CN(CCc1ccccc1)c1ncc(-c2ccc(Cl)cc2)c(-c2nccn2C)n1. The Labute approximate surface area is 175 Å². The van der Waals surface area contributed by atoms with E-state index < -0.39 is 0 Å². The van der Waals surface area contributed by atoms with Crippen molar-refractivity contribution in [3.63, 3.8) is 0 Å². The van der Waals surface area contributed by atoms with Gasteiger partial charge in [-0.25, -0.2) is 15.0 Å². The Balaban J connectivity index is 1.68. The van der Waals surface area contributed by atoms with E-state index in [1.165, 1.54) is 5.56 Å². The molecule has 0 spiro atoms. The highest BCUT2D eigenvalue weighted by atomic mass is 35.5. The first-order valence-electron chi connectivity index (χ1n) is 9.47. The van der Waals surface area contributed by atoms with Crippen LogP contribution in [0.15, 0.2) is 73.2 Å². The van der Waals surface area contributed by atoms with Crippen molar-refractivity contribution in [2.45, 2.75) is 6.42 Å². The van der Waals surface area contributed by atoms with Crippen molar-refractivity contribution in [3.05, 3.63) is 83.8 Å². The molecule has 2 aromatic carbocycles. The van der Waals surface area contributed by atoms with Crippen LogP contribution in [0.2, 0.25) is 5.02 Å². The van der Waals surface area contributed by atoms with E-state index in [0.717, 1.165) is 35.6 Å². The minimum Gasteiger partial charge on any atom is -0.344 e. The van der Waals surface area contributed by atoms with Gasteiger partial charge in [0.1, 0.15) is 5.69 Å². The first kappa shape index (κ1) is 19.2. The van der Waals surface area contributed by atoms with Gasteiger partial charge in [-0.05, 0) is 29.7 Å². The summed E-state index contributed by atoms with van der Waals surface area (Å²) in [5.74, 6) is 1.48. The van der Waals surface area contributed by atoms with Crippen LogP contribution in [0.3, 0.4) is 0 Å². The summed E-state index contributed by atoms with van der Waals surface area (Å²) >= 11 is 6.06. The molecule has 0 N–H and O–H groups in total. The van der Waals surface area contributed by atoms with Gasteiger partial charge >= 0.3 is 0 Å². The molecule has 2 heterocycles. The molecule has 29 heavy (non-hydrogen) atoms. The van der Waals surface area contributed by atoms with E-state index in [4.69, 9.17) is 16.6 Å². The lowest BCUT2D eigenvalue weighted by molar-refractivity contribution is 0.835. The molecule has 0 saturated carbocycles. The van der Waals surface area contributed by atoms with Crippen molar-refractivity contribution in [2.75, 3.05) is 18.5 Å². The predicted octanol–water partition coefficient (Wildman–Crippen LogP) is 4.88. The van der Waals surface area contributed by atoms with E-state index in [-0.39, 0.29) is 0 Å². The Morgan fingerprint density at radius 2 is 1.76 bits per heavy atom. The van der Waals surface area contributed by atoms with Crippen molar-refractivity contribution in [1.82, 2.24) is 19.5 Å². The second-order valence-electron chi connectivity index (χ2n) is 6.96. The average Bonchev–Trinajstić information content (AvgIpc) is 3.19. The van der Waals surface area contributed by atoms with Gasteiger partial charge in [-0.3, -0.25) is 0 Å². The van der Waals surface area contributed by atoms with Gasteiger partial charge in [-0.15, -0.1) is 0 Å². The number of anilines is 1. The topological polar surface area (TPSA) is 46.8 Å². The molecular weight excluding hydrogens is 382 g/mol. The zero-order valence-corrected chi connectivity index (χ0v) is 17.2. The molecule has 0 unspecified atom stereocenters. The van der Waals surface area contributed by atoms with Crippen LogP contribution < -0.4 is 4.90 Å². The number of benzene rings is 2. The molecule has 0 bridgehead atoms. The van der Waals surface area contributed by atoms with Gasteiger partial charge in [-0.1, -0.05) is 54.1 Å². The van der Waals surface area contributed by atoms with E-state index in [0.29, 0.717) is 11.0 Å². The maximum atomic E-state index is 6.06. The normalized spacial score (nSPS) is 10.9. The fourth-order valence-corrected chi connectivity index (χ4v) is 3.33. The van der Waals surface area contributed by atoms with Crippen LogP contribution in [0.25, 0.3) is 22.6 Å². The second-order valence-corrected chi connectivity index (χ2v) is 7.39. The standard InChI is InChI=1S/C23H22ClN5/c1-28-15-13-25-22(28)21-20(18-8-10-19(24)11-9-18)16-26-23(27-21)29(2)14-12-17-6-4-3-5-7-17/h3-11,13,15-16H,12,14H2,1-2H3. The maximum Gasteiger partial charge on any atom is 0.225 e. The van der Waals surface area contributed by atoms with Crippen LogP contribution >= 0.6 is 11.6 Å². The number of nitrogens with zero attached hydrogens (tertiary/aromatic N) is 5. The lowest BCUT2D eigenvalue weighted by Gasteiger charge is -2.19. The summed E-state index contributed by atoms with van der Waals surface area (Å²) in [7, 11) is 3.98. The van der Waals surface area contributed by atoms with Crippen molar-refractivity contribution >= 4 is 17.5 Å². The van der Waals surface area contributed by atoms with E-state index in [2.05, 4.69) is 39.1 Å². The van der Waals surface area contributed by atoms with Crippen molar-refractivity contribution in [2.24, 2.45) is 7.05 Å². The summed E-state index contributed by atoms with van der Waals surface area (Å²) in [6.07, 6.45) is 6.50. The number of halogens is 1. The second kappa shape index (κ2) is 8.45. The monoisotopic (exact) mass is 403 g/mol. The summed E-state index contributed by atoms with van der Waals surface area (Å²) in [4.78, 5) is 16.1. The van der Waals surface area contributed by atoms with Crippen LogP contribution in [0.1, 0.15) is 5.56 Å². The zero-order chi connectivity index (χ0) is 20.2. The molecule has 0 aliphatic heterocycles. The van der Waals surface area contributed by atoms with E-state index in [1.54, 1.807) is 6.20 Å². The van der Waals surface area contributed by atoms with Crippen LogP contribution in [-0.2, 0) is 13.5 Å². The minimum absolute atomic E-state index is 0.677. The molecule has 0 atom stereocenters. The summed E-state index contributed by atoms with van der Waals surface area (Å²) in [6.45, 7) is 0.824. The first-order valence-corrected chi connectivity index (χ1v) is 9.85. The fraction of sp³-hybridized carbons (Fsp3) is 0.174. The highest BCUT2D eigenvalue weighted by molar-refractivity contribution is 6.30. The summed E-state index contributed by atoms with van der Waals surface area (Å²) in [5.41, 5.74) is 4.03. The average molecular weight is 404 g/mol.